The molecule has 0 aromatic rings. The van der Waals surface area contributed by atoms with E-state index >= 15 is 0 Å². The maximum Gasteiger partial charge on any atom is 0.104 e. The Kier molecular flexibility index (Phi) is 3.34. The maximum atomic E-state index is 4.43. The van der Waals surface area contributed by atoms with Crippen molar-refractivity contribution in [3.8, 4) is 0 Å². The van der Waals surface area contributed by atoms with E-state index in [2.05, 4.69) is 36.0 Å². The van der Waals surface area contributed by atoms with Gasteiger partial charge in [0.15, 0.2) is 0 Å². The van der Waals surface area contributed by atoms with Gasteiger partial charge in [0.2, 0.25) is 0 Å². The number of aliphatic imine (C=N–C) groups is 1. The molecular formula is C10H17N3. The molecule has 0 aromatic carbocycles. The topological polar surface area (TPSA) is 37.1 Å². The van der Waals surface area contributed by atoms with Crippen molar-refractivity contribution in [2.75, 3.05) is 6.54 Å². The third-order valence-corrected chi connectivity index (χ3v) is 1.99. The van der Waals surface area contributed by atoms with Crippen molar-refractivity contribution in [2.45, 2.75) is 34.1 Å². The predicted molar refractivity (Wildman–Crippen MR) is 58.0 cm³/mol. The third kappa shape index (κ3) is 2.02. The smallest absolute Gasteiger partial charge is 0.104 e. The van der Waals surface area contributed by atoms with Crippen LogP contribution in [-0.2, 0) is 0 Å². The summed E-state index contributed by atoms with van der Waals surface area (Å²) >= 11 is 0. The van der Waals surface area contributed by atoms with Gasteiger partial charge < -0.3 is 0 Å². The van der Waals surface area contributed by atoms with E-state index in [4.69, 9.17) is 0 Å². The Labute approximate surface area is 79.7 Å². The van der Waals surface area contributed by atoms with Gasteiger partial charge >= 0.3 is 0 Å². The molecule has 0 radical (unpaired) electrons. The molecule has 0 spiro atoms. The molecule has 72 valence electrons. The highest BCUT2D eigenvalue weighted by atomic mass is 15.2. The summed E-state index contributed by atoms with van der Waals surface area (Å²) in [6.45, 7) is 9.18. The van der Waals surface area contributed by atoms with Gasteiger partial charge in [0.1, 0.15) is 5.71 Å². The van der Waals surface area contributed by atoms with Gasteiger partial charge in [-0.25, -0.2) is 0 Å². The molecule has 0 atom stereocenters. The molecule has 1 aliphatic rings. The first-order valence-corrected chi connectivity index (χ1v) is 4.90. The van der Waals surface area contributed by atoms with Crippen LogP contribution in [0.2, 0.25) is 0 Å². The molecule has 0 saturated heterocycles. The van der Waals surface area contributed by atoms with Crippen molar-refractivity contribution < 1.29 is 0 Å². The fourth-order valence-electron chi connectivity index (χ4n) is 1.31. The third-order valence-electron chi connectivity index (χ3n) is 1.99. The standard InChI is InChI=1S/C10H17N3/c1-5-8-10(11-6-2)9(7(3)4)13-12-8/h7H,5-6H2,1-4H3. The minimum atomic E-state index is 0.415. The van der Waals surface area contributed by atoms with E-state index in [1.54, 1.807) is 0 Å². The molecule has 1 rings (SSSR count). The zero-order valence-electron chi connectivity index (χ0n) is 8.83. The van der Waals surface area contributed by atoms with Gasteiger partial charge in [-0.1, -0.05) is 20.8 Å². The van der Waals surface area contributed by atoms with E-state index < -0.39 is 0 Å². The fraction of sp³-hybridized carbons (Fsp3) is 0.700. The van der Waals surface area contributed by atoms with E-state index in [1.807, 2.05) is 6.92 Å². The lowest BCUT2D eigenvalue weighted by Gasteiger charge is -2.06. The Hall–Kier alpha value is -0.990. The van der Waals surface area contributed by atoms with Crippen molar-refractivity contribution in [3.05, 3.63) is 0 Å². The monoisotopic (exact) mass is 179 g/mol. The Balaban J connectivity index is 2.90. The average molecular weight is 179 g/mol. The van der Waals surface area contributed by atoms with Gasteiger partial charge in [-0.15, -0.1) is 0 Å². The molecule has 0 saturated carbocycles. The number of nitrogens with zero attached hydrogens (tertiary/aromatic N) is 3. The normalized spacial score (nSPS) is 19.6. The van der Waals surface area contributed by atoms with Crippen LogP contribution in [0.4, 0.5) is 0 Å². The zero-order chi connectivity index (χ0) is 9.84. The maximum absolute atomic E-state index is 4.43. The second-order valence-electron chi connectivity index (χ2n) is 3.36. The molecule has 0 N–H and O–H groups in total. The molecule has 0 aromatic heterocycles. The molecule has 0 aliphatic carbocycles. The molecule has 0 fully saturated rings. The first-order chi connectivity index (χ1) is 6.20. The number of rotatable bonds is 3. The van der Waals surface area contributed by atoms with Crippen LogP contribution >= 0.6 is 0 Å². The second-order valence-corrected chi connectivity index (χ2v) is 3.36. The second kappa shape index (κ2) is 4.30. The highest BCUT2D eigenvalue weighted by Crippen LogP contribution is 2.10. The minimum Gasteiger partial charge on any atom is -0.282 e. The largest absolute Gasteiger partial charge is 0.282 e. The summed E-state index contributed by atoms with van der Waals surface area (Å²) in [6.07, 6.45) is 0.915. The summed E-state index contributed by atoms with van der Waals surface area (Å²) < 4.78 is 0. The summed E-state index contributed by atoms with van der Waals surface area (Å²) in [6, 6.07) is 0. The van der Waals surface area contributed by atoms with Crippen LogP contribution < -0.4 is 0 Å². The lowest BCUT2D eigenvalue weighted by atomic mass is 10.00. The Bertz CT molecular complexity index is 272. The number of hydrogen-bond donors (Lipinski definition) is 0. The van der Waals surface area contributed by atoms with Crippen LogP contribution in [0.1, 0.15) is 34.1 Å². The van der Waals surface area contributed by atoms with Gasteiger partial charge in [-0.05, 0) is 19.3 Å². The van der Waals surface area contributed by atoms with E-state index in [-0.39, 0.29) is 0 Å². The molecule has 0 amide bonds. The van der Waals surface area contributed by atoms with Gasteiger partial charge in [-0.2, -0.15) is 10.2 Å². The Morgan fingerprint density at radius 3 is 2.38 bits per heavy atom. The Morgan fingerprint density at radius 1 is 1.23 bits per heavy atom. The molecular weight excluding hydrogens is 162 g/mol. The SMILES string of the molecule is CCN=C1C(CC)=NN=C1C(C)C. The van der Waals surface area contributed by atoms with Gasteiger partial charge in [-0.3, -0.25) is 4.99 Å². The summed E-state index contributed by atoms with van der Waals surface area (Å²) in [4.78, 5) is 4.43. The summed E-state index contributed by atoms with van der Waals surface area (Å²) in [5, 5.41) is 8.29. The van der Waals surface area contributed by atoms with Crippen LogP contribution in [0, 0.1) is 5.92 Å². The van der Waals surface area contributed by atoms with Crippen LogP contribution in [0.25, 0.3) is 0 Å². The van der Waals surface area contributed by atoms with Crippen molar-refractivity contribution in [2.24, 2.45) is 21.1 Å². The number of hydrogen-bond acceptors (Lipinski definition) is 3. The van der Waals surface area contributed by atoms with Crippen molar-refractivity contribution in [1.29, 1.82) is 0 Å². The van der Waals surface area contributed by atoms with E-state index in [9.17, 15) is 0 Å². The van der Waals surface area contributed by atoms with Crippen molar-refractivity contribution in [3.63, 3.8) is 0 Å². The minimum absolute atomic E-state index is 0.415. The first-order valence-electron chi connectivity index (χ1n) is 4.90. The van der Waals surface area contributed by atoms with Crippen LogP contribution in [0.3, 0.4) is 0 Å². The molecule has 1 aliphatic heterocycles. The van der Waals surface area contributed by atoms with E-state index in [0.29, 0.717) is 5.92 Å². The highest BCUT2D eigenvalue weighted by Gasteiger charge is 2.22. The van der Waals surface area contributed by atoms with Gasteiger partial charge in [0.25, 0.3) is 0 Å². The summed E-state index contributed by atoms with van der Waals surface area (Å²) in [5.41, 5.74) is 3.10. The van der Waals surface area contributed by atoms with Crippen LogP contribution in [0.15, 0.2) is 15.2 Å². The highest BCUT2D eigenvalue weighted by molar-refractivity contribution is 6.70. The van der Waals surface area contributed by atoms with Crippen LogP contribution in [-0.4, -0.2) is 23.7 Å². The quantitative estimate of drug-likeness (QED) is 0.637. The summed E-state index contributed by atoms with van der Waals surface area (Å²) in [5.74, 6) is 0.415. The summed E-state index contributed by atoms with van der Waals surface area (Å²) in [7, 11) is 0. The molecule has 1 heterocycles. The van der Waals surface area contributed by atoms with Gasteiger partial charge in [0.05, 0.1) is 11.4 Å². The molecule has 3 nitrogen and oxygen atoms in total. The fourth-order valence-corrected chi connectivity index (χ4v) is 1.31. The van der Waals surface area contributed by atoms with Crippen LogP contribution in [0.5, 0.6) is 0 Å². The lowest BCUT2D eigenvalue weighted by Crippen LogP contribution is -2.24. The van der Waals surface area contributed by atoms with Crippen molar-refractivity contribution in [1.82, 2.24) is 0 Å². The van der Waals surface area contributed by atoms with E-state index in [0.717, 1.165) is 30.1 Å². The Morgan fingerprint density at radius 2 is 1.92 bits per heavy atom. The molecule has 13 heavy (non-hydrogen) atoms. The molecule has 3 heteroatoms. The first kappa shape index (κ1) is 10.1. The molecule has 0 bridgehead atoms. The van der Waals surface area contributed by atoms with Gasteiger partial charge in [0, 0.05) is 6.54 Å². The molecule has 0 unspecified atom stereocenters. The van der Waals surface area contributed by atoms with Crippen molar-refractivity contribution >= 4 is 17.1 Å². The van der Waals surface area contributed by atoms with E-state index in [1.165, 1.54) is 0 Å². The average Bonchev–Trinajstić information content (AvgIpc) is 2.48. The zero-order valence-corrected chi connectivity index (χ0v) is 8.83. The predicted octanol–water partition coefficient (Wildman–Crippen LogP) is 2.32. The lowest BCUT2D eigenvalue weighted by molar-refractivity contribution is 0.889.